The van der Waals surface area contributed by atoms with Crippen LogP contribution in [0.25, 0.3) is 10.9 Å². The van der Waals surface area contributed by atoms with E-state index in [0.29, 0.717) is 0 Å². The van der Waals surface area contributed by atoms with Gasteiger partial charge in [-0.25, -0.2) is 0 Å². The number of rotatable bonds is 2. The maximum Gasteiger partial charge on any atom is 0.109 e. The van der Waals surface area contributed by atoms with Gasteiger partial charge >= 0.3 is 0 Å². The first-order chi connectivity index (χ1) is 8.40. The van der Waals surface area contributed by atoms with E-state index in [-0.39, 0.29) is 0 Å². The second-order valence-corrected chi connectivity index (χ2v) is 4.85. The minimum absolute atomic E-state index is 1.05. The smallest absolute Gasteiger partial charge is 0.109 e. The van der Waals surface area contributed by atoms with Crippen LogP contribution in [0.5, 0.6) is 0 Å². The van der Waals surface area contributed by atoms with E-state index in [4.69, 9.17) is 0 Å². The van der Waals surface area contributed by atoms with Gasteiger partial charge in [0, 0.05) is 30.5 Å². The molecule has 2 heterocycles. The number of piperidine rings is 1. The highest BCUT2D eigenvalue weighted by Crippen LogP contribution is 2.28. The summed E-state index contributed by atoms with van der Waals surface area (Å²) in [6.45, 7) is 5.73. The maximum absolute atomic E-state index is 2.55. The zero-order valence-corrected chi connectivity index (χ0v) is 10.5. The van der Waals surface area contributed by atoms with Gasteiger partial charge in [-0.05, 0) is 38.3 Å². The van der Waals surface area contributed by atoms with Crippen molar-refractivity contribution < 1.29 is 0 Å². The quantitative estimate of drug-likeness (QED) is 0.761. The first kappa shape index (κ1) is 10.7. The molecule has 0 spiro atoms. The van der Waals surface area contributed by atoms with Crippen molar-refractivity contribution in [2.45, 2.75) is 32.7 Å². The van der Waals surface area contributed by atoms with E-state index in [1.54, 1.807) is 0 Å². The van der Waals surface area contributed by atoms with Crippen LogP contribution < -0.4 is 4.90 Å². The molecular formula is C15H20N2. The summed E-state index contributed by atoms with van der Waals surface area (Å²) in [7, 11) is 0. The third-order valence-corrected chi connectivity index (χ3v) is 3.78. The molecule has 0 atom stereocenters. The molecule has 0 radical (unpaired) electrons. The van der Waals surface area contributed by atoms with Gasteiger partial charge in [-0.3, -0.25) is 0 Å². The van der Waals surface area contributed by atoms with Crippen molar-refractivity contribution in [1.82, 2.24) is 4.57 Å². The van der Waals surface area contributed by atoms with E-state index in [2.05, 4.69) is 46.7 Å². The molecular weight excluding hydrogens is 208 g/mol. The molecule has 2 heteroatoms. The highest BCUT2D eigenvalue weighted by molar-refractivity contribution is 5.85. The largest absolute Gasteiger partial charge is 0.358 e. The molecule has 0 N–H and O–H groups in total. The third-order valence-electron chi connectivity index (χ3n) is 3.78. The number of benzene rings is 1. The van der Waals surface area contributed by atoms with Gasteiger partial charge in [-0.15, -0.1) is 0 Å². The molecule has 1 fully saturated rings. The Morgan fingerprint density at radius 1 is 1.06 bits per heavy atom. The lowest BCUT2D eigenvalue weighted by Crippen LogP contribution is -2.31. The van der Waals surface area contributed by atoms with Crippen LogP contribution in [0.1, 0.15) is 26.2 Å². The van der Waals surface area contributed by atoms with Crippen LogP contribution in [0.3, 0.4) is 0 Å². The van der Waals surface area contributed by atoms with Gasteiger partial charge in [0.1, 0.15) is 5.82 Å². The summed E-state index contributed by atoms with van der Waals surface area (Å²) in [4.78, 5) is 2.55. The number of aromatic nitrogens is 1. The van der Waals surface area contributed by atoms with E-state index in [0.717, 1.165) is 6.54 Å². The van der Waals surface area contributed by atoms with Crippen LogP contribution in [-0.4, -0.2) is 17.7 Å². The van der Waals surface area contributed by atoms with Crippen molar-refractivity contribution in [3.63, 3.8) is 0 Å². The van der Waals surface area contributed by atoms with Crippen molar-refractivity contribution in [2.24, 2.45) is 0 Å². The van der Waals surface area contributed by atoms with Crippen LogP contribution in [0.15, 0.2) is 30.3 Å². The highest BCUT2D eigenvalue weighted by atomic mass is 15.2. The summed E-state index contributed by atoms with van der Waals surface area (Å²) in [5, 5.41) is 1.37. The molecule has 0 amide bonds. The maximum atomic E-state index is 2.55. The fraction of sp³-hybridized carbons (Fsp3) is 0.467. The summed E-state index contributed by atoms with van der Waals surface area (Å²) < 4.78 is 2.45. The first-order valence-electron chi connectivity index (χ1n) is 6.73. The van der Waals surface area contributed by atoms with E-state index in [9.17, 15) is 0 Å². The van der Waals surface area contributed by atoms with Gasteiger partial charge in [0.15, 0.2) is 0 Å². The molecule has 1 saturated heterocycles. The summed E-state index contributed by atoms with van der Waals surface area (Å²) in [5.41, 5.74) is 1.37. The first-order valence-corrected chi connectivity index (χ1v) is 6.73. The molecule has 1 aromatic carbocycles. The molecule has 1 aliphatic rings. The highest BCUT2D eigenvalue weighted by Gasteiger charge is 2.16. The SMILES string of the molecule is CCn1c(N2CCCCC2)cc2ccccc21. The molecule has 1 aromatic heterocycles. The number of nitrogens with zero attached hydrogens (tertiary/aromatic N) is 2. The molecule has 1 aliphatic heterocycles. The molecule has 0 unspecified atom stereocenters. The Morgan fingerprint density at radius 3 is 2.59 bits per heavy atom. The Kier molecular flexibility index (Phi) is 2.79. The van der Waals surface area contributed by atoms with Gasteiger partial charge in [-0.2, -0.15) is 0 Å². The average Bonchev–Trinajstić information content (AvgIpc) is 2.78. The van der Waals surface area contributed by atoms with Gasteiger partial charge in [0.2, 0.25) is 0 Å². The molecule has 3 rings (SSSR count). The van der Waals surface area contributed by atoms with E-state index in [1.807, 2.05) is 0 Å². The molecule has 0 saturated carbocycles. The monoisotopic (exact) mass is 228 g/mol. The number of fused-ring (bicyclic) bond motifs is 1. The second kappa shape index (κ2) is 4.44. The summed E-state index contributed by atoms with van der Waals surface area (Å²) >= 11 is 0. The third kappa shape index (κ3) is 1.82. The van der Waals surface area contributed by atoms with Crippen LogP contribution >= 0.6 is 0 Å². The molecule has 0 bridgehead atoms. The number of anilines is 1. The van der Waals surface area contributed by atoms with Crippen LogP contribution in [0, 0.1) is 0 Å². The van der Waals surface area contributed by atoms with E-state index in [1.165, 1.54) is 49.1 Å². The van der Waals surface area contributed by atoms with Crippen molar-refractivity contribution >= 4 is 16.7 Å². The predicted molar refractivity (Wildman–Crippen MR) is 73.7 cm³/mol. The van der Waals surface area contributed by atoms with Crippen molar-refractivity contribution in [1.29, 1.82) is 0 Å². The normalized spacial score (nSPS) is 16.6. The second-order valence-electron chi connectivity index (χ2n) is 4.85. The average molecular weight is 228 g/mol. The van der Waals surface area contributed by atoms with Gasteiger partial charge in [0.25, 0.3) is 0 Å². The Labute approximate surface area is 103 Å². The lowest BCUT2D eigenvalue weighted by atomic mass is 10.1. The van der Waals surface area contributed by atoms with E-state index < -0.39 is 0 Å². The topological polar surface area (TPSA) is 8.17 Å². The van der Waals surface area contributed by atoms with Gasteiger partial charge < -0.3 is 9.47 Å². The van der Waals surface area contributed by atoms with Crippen molar-refractivity contribution in [3.05, 3.63) is 30.3 Å². The number of hydrogen-bond donors (Lipinski definition) is 0. The molecule has 17 heavy (non-hydrogen) atoms. The number of para-hydroxylation sites is 1. The zero-order chi connectivity index (χ0) is 11.7. The number of aryl methyl sites for hydroxylation is 1. The molecule has 2 aromatic rings. The number of hydrogen-bond acceptors (Lipinski definition) is 1. The van der Waals surface area contributed by atoms with Gasteiger partial charge in [0.05, 0.1) is 0 Å². The molecule has 2 nitrogen and oxygen atoms in total. The zero-order valence-electron chi connectivity index (χ0n) is 10.5. The van der Waals surface area contributed by atoms with Crippen LogP contribution in [0.2, 0.25) is 0 Å². The Balaban J connectivity index is 2.08. The molecule has 90 valence electrons. The van der Waals surface area contributed by atoms with Crippen LogP contribution in [-0.2, 0) is 6.54 Å². The predicted octanol–water partition coefficient (Wildman–Crippen LogP) is 3.65. The molecule has 0 aliphatic carbocycles. The lowest BCUT2D eigenvalue weighted by molar-refractivity contribution is 0.564. The minimum atomic E-state index is 1.05. The Morgan fingerprint density at radius 2 is 1.82 bits per heavy atom. The Bertz CT molecular complexity index is 507. The summed E-state index contributed by atoms with van der Waals surface area (Å²) in [5.74, 6) is 1.41. The fourth-order valence-corrected chi connectivity index (χ4v) is 2.91. The standard InChI is InChI=1S/C15H20N2/c1-2-17-14-9-5-4-8-13(14)12-15(17)16-10-6-3-7-11-16/h4-5,8-9,12H,2-3,6-7,10-11H2,1H3. The summed E-state index contributed by atoms with van der Waals surface area (Å²) in [6, 6.07) is 11.1. The van der Waals surface area contributed by atoms with Crippen molar-refractivity contribution in [3.8, 4) is 0 Å². The Hall–Kier alpha value is -1.44. The summed E-state index contributed by atoms with van der Waals surface area (Å²) in [6.07, 6.45) is 4.07. The fourth-order valence-electron chi connectivity index (χ4n) is 2.91. The van der Waals surface area contributed by atoms with E-state index >= 15 is 0 Å². The lowest BCUT2D eigenvalue weighted by Gasteiger charge is -2.29. The van der Waals surface area contributed by atoms with Crippen LogP contribution in [0.4, 0.5) is 5.82 Å². The van der Waals surface area contributed by atoms with Gasteiger partial charge in [-0.1, -0.05) is 18.2 Å². The minimum Gasteiger partial charge on any atom is -0.358 e. The van der Waals surface area contributed by atoms with Crippen molar-refractivity contribution in [2.75, 3.05) is 18.0 Å².